The monoisotopic (exact) mass is 298 g/mol. The van der Waals surface area contributed by atoms with E-state index >= 15 is 0 Å². The van der Waals surface area contributed by atoms with Crippen molar-refractivity contribution >= 4 is 5.69 Å². The van der Waals surface area contributed by atoms with Crippen LogP contribution in [0.2, 0.25) is 0 Å². The standard InChI is InChI=1S/C16H22N6/c1-2-4-14(5-3-1)21-9-8-13(12-21)10-17-11-16-18-19-20-22(16)15-6-7-15/h1-5,13,15,17H,6-12H2/t13-/m0/s1. The van der Waals surface area contributed by atoms with Crippen molar-refractivity contribution in [2.24, 2.45) is 5.92 Å². The molecule has 1 aliphatic heterocycles. The first-order valence-corrected chi connectivity index (χ1v) is 8.17. The lowest BCUT2D eigenvalue weighted by Gasteiger charge is -2.18. The first kappa shape index (κ1) is 13.7. The lowest BCUT2D eigenvalue weighted by molar-refractivity contribution is 0.492. The molecule has 1 N–H and O–H groups in total. The van der Waals surface area contributed by atoms with Crippen LogP contribution in [0.4, 0.5) is 5.69 Å². The Labute approximate surface area is 130 Å². The Hall–Kier alpha value is -1.95. The number of benzene rings is 1. The summed E-state index contributed by atoms with van der Waals surface area (Å²) in [6.45, 7) is 4.08. The van der Waals surface area contributed by atoms with E-state index in [4.69, 9.17) is 0 Å². The van der Waals surface area contributed by atoms with Crippen molar-refractivity contribution in [3.05, 3.63) is 36.2 Å². The highest BCUT2D eigenvalue weighted by molar-refractivity contribution is 5.46. The molecule has 0 unspecified atom stereocenters. The number of para-hydroxylation sites is 1. The Morgan fingerprint density at radius 2 is 2.00 bits per heavy atom. The van der Waals surface area contributed by atoms with Crippen LogP contribution in [-0.2, 0) is 6.54 Å². The quantitative estimate of drug-likeness (QED) is 0.878. The van der Waals surface area contributed by atoms with Gasteiger partial charge in [-0.05, 0) is 47.7 Å². The summed E-state index contributed by atoms with van der Waals surface area (Å²) < 4.78 is 1.98. The summed E-state index contributed by atoms with van der Waals surface area (Å²) in [5, 5.41) is 15.6. The lowest BCUT2D eigenvalue weighted by Crippen LogP contribution is -2.27. The van der Waals surface area contributed by atoms with Crippen LogP contribution in [0, 0.1) is 5.92 Å². The first-order valence-electron chi connectivity index (χ1n) is 8.17. The van der Waals surface area contributed by atoms with E-state index in [-0.39, 0.29) is 0 Å². The topological polar surface area (TPSA) is 58.9 Å². The molecule has 4 rings (SSSR count). The fourth-order valence-corrected chi connectivity index (χ4v) is 3.19. The summed E-state index contributed by atoms with van der Waals surface area (Å²) in [5.41, 5.74) is 1.34. The minimum atomic E-state index is 0.548. The maximum absolute atomic E-state index is 4.13. The highest BCUT2D eigenvalue weighted by atomic mass is 15.6. The minimum Gasteiger partial charge on any atom is -0.371 e. The van der Waals surface area contributed by atoms with Gasteiger partial charge >= 0.3 is 0 Å². The van der Waals surface area contributed by atoms with E-state index in [9.17, 15) is 0 Å². The van der Waals surface area contributed by atoms with Gasteiger partial charge in [0.1, 0.15) is 0 Å². The van der Waals surface area contributed by atoms with Gasteiger partial charge in [0.15, 0.2) is 5.82 Å². The summed E-state index contributed by atoms with van der Waals surface area (Å²) in [5.74, 6) is 1.67. The molecule has 22 heavy (non-hydrogen) atoms. The van der Waals surface area contributed by atoms with Gasteiger partial charge in [0.05, 0.1) is 12.6 Å². The fourth-order valence-electron chi connectivity index (χ4n) is 3.19. The number of rotatable bonds is 6. The van der Waals surface area contributed by atoms with Crippen molar-refractivity contribution in [3.8, 4) is 0 Å². The molecule has 2 fully saturated rings. The lowest BCUT2D eigenvalue weighted by atomic mass is 10.1. The predicted molar refractivity (Wildman–Crippen MR) is 84.6 cm³/mol. The Morgan fingerprint density at radius 3 is 2.82 bits per heavy atom. The van der Waals surface area contributed by atoms with Crippen LogP contribution in [0.25, 0.3) is 0 Å². The largest absolute Gasteiger partial charge is 0.371 e. The van der Waals surface area contributed by atoms with Crippen molar-refractivity contribution < 1.29 is 0 Å². The molecule has 2 heterocycles. The molecule has 2 aliphatic rings. The van der Waals surface area contributed by atoms with Crippen LogP contribution in [0.1, 0.15) is 31.1 Å². The number of hydrogen-bond donors (Lipinski definition) is 1. The summed E-state index contributed by atoms with van der Waals surface area (Å²) in [4.78, 5) is 2.47. The smallest absolute Gasteiger partial charge is 0.165 e. The Morgan fingerprint density at radius 1 is 1.14 bits per heavy atom. The van der Waals surface area contributed by atoms with E-state index in [1.54, 1.807) is 0 Å². The SMILES string of the molecule is c1ccc(N2CC[C@@H](CNCc3nnnn3C3CC3)C2)cc1. The van der Waals surface area contributed by atoms with Gasteiger partial charge in [-0.3, -0.25) is 0 Å². The second kappa shape index (κ2) is 6.04. The van der Waals surface area contributed by atoms with Gasteiger partial charge < -0.3 is 10.2 Å². The molecule has 1 aliphatic carbocycles. The van der Waals surface area contributed by atoms with Crippen LogP contribution in [-0.4, -0.2) is 39.8 Å². The minimum absolute atomic E-state index is 0.548. The molecule has 116 valence electrons. The van der Waals surface area contributed by atoms with Gasteiger partial charge in [-0.15, -0.1) is 5.10 Å². The van der Waals surface area contributed by atoms with E-state index < -0.39 is 0 Å². The third-order valence-corrected chi connectivity index (χ3v) is 4.58. The number of hydrogen-bond acceptors (Lipinski definition) is 5. The maximum atomic E-state index is 4.13. The average molecular weight is 298 g/mol. The zero-order valence-corrected chi connectivity index (χ0v) is 12.7. The van der Waals surface area contributed by atoms with Crippen LogP contribution in [0.5, 0.6) is 0 Å². The highest BCUT2D eigenvalue weighted by Gasteiger charge is 2.28. The van der Waals surface area contributed by atoms with Gasteiger partial charge in [0.2, 0.25) is 0 Å². The number of nitrogens with zero attached hydrogens (tertiary/aromatic N) is 5. The number of anilines is 1. The number of aromatic nitrogens is 4. The molecule has 1 aromatic heterocycles. The summed E-state index contributed by atoms with van der Waals surface area (Å²) in [7, 11) is 0. The summed E-state index contributed by atoms with van der Waals surface area (Å²) in [6, 6.07) is 11.2. The fraction of sp³-hybridized carbons (Fsp3) is 0.562. The second-order valence-electron chi connectivity index (χ2n) is 6.34. The number of tetrazole rings is 1. The Bertz CT molecular complexity index is 606. The van der Waals surface area contributed by atoms with Crippen molar-refractivity contribution in [2.75, 3.05) is 24.5 Å². The van der Waals surface area contributed by atoms with Crippen molar-refractivity contribution in [1.82, 2.24) is 25.5 Å². The first-order chi connectivity index (χ1) is 10.9. The zero-order valence-electron chi connectivity index (χ0n) is 12.7. The molecular formula is C16H22N6. The molecule has 1 aromatic carbocycles. The van der Waals surface area contributed by atoms with Gasteiger partial charge in [-0.25, -0.2) is 4.68 Å². The van der Waals surface area contributed by atoms with Crippen molar-refractivity contribution in [3.63, 3.8) is 0 Å². The van der Waals surface area contributed by atoms with Crippen LogP contribution in [0.3, 0.4) is 0 Å². The van der Waals surface area contributed by atoms with E-state index in [2.05, 4.69) is 56.1 Å². The van der Waals surface area contributed by atoms with E-state index in [0.29, 0.717) is 12.0 Å². The normalized spacial score (nSPS) is 21.5. The maximum Gasteiger partial charge on any atom is 0.165 e. The zero-order chi connectivity index (χ0) is 14.8. The average Bonchev–Trinajstić information content (AvgIpc) is 3.11. The Kier molecular flexibility index (Phi) is 3.76. The van der Waals surface area contributed by atoms with Gasteiger partial charge in [-0.1, -0.05) is 18.2 Å². The van der Waals surface area contributed by atoms with Crippen molar-refractivity contribution in [1.29, 1.82) is 0 Å². The molecule has 1 atom stereocenters. The van der Waals surface area contributed by atoms with Crippen molar-refractivity contribution in [2.45, 2.75) is 31.8 Å². The Balaban J connectivity index is 1.26. The molecule has 0 spiro atoms. The van der Waals surface area contributed by atoms with Gasteiger partial charge in [0, 0.05) is 25.3 Å². The molecule has 2 aromatic rings. The second-order valence-corrected chi connectivity index (χ2v) is 6.34. The van der Waals surface area contributed by atoms with E-state index in [1.807, 2.05) is 4.68 Å². The molecule has 1 saturated heterocycles. The molecule has 0 bridgehead atoms. The van der Waals surface area contributed by atoms with E-state index in [1.165, 1.54) is 24.9 Å². The highest BCUT2D eigenvalue weighted by Crippen LogP contribution is 2.34. The third kappa shape index (κ3) is 2.97. The summed E-state index contributed by atoms with van der Waals surface area (Å²) in [6.07, 6.45) is 3.68. The van der Waals surface area contributed by atoms with Crippen LogP contribution in [0.15, 0.2) is 30.3 Å². The molecule has 6 nitrogen and oxygen atoms in total. The molecule has 6 heteroatoms. The molecule has 1 saturated carbocycles. The van der Waals surface area contributed by atoms with Gasteiger partial charge in [-0.2, -0.15) is 0 Å². The number of nitrogens with one attached hydrogen (secondary N) is 1. The summed E-state index contributed by atoms with van der Waals surface area (Å²) >= 11 is 0. The predicted octanol–water partition coefficient (Wildman–Crippen LogP) is 1.62. The van der Waals surface area contributed by atoms with Crippen LogP contribution < -0.4 is 10.2 Å². The van der Waals surface area contributed by atoms with E-state index in [0.717, 1.165) is 32.0 Å². The molecular weight excluding hydrogens is 276 g/mol. The third-order valence-electron chi connectivity index (χ3n) is 4.58. The molecule has 0 radical (unpaired) electrons. The molecule has 0 amide bonds. The van der Waals surface area contributed by atoms with Gasteiger partial charge in [0.25, 0.3) is 0 Å². The van der Waals surface area contributed by atoms with Crippen LogP contribution >= 0.6 is 0 Å².